The molecule has 386 valence electrons. The molecular weight excluding hydrogens is 1040 g/mol. The number of imidazole rings is 3. The molecule has 3 aliphatic rings. The predicted molar refractivity (Wildman–Crippen MR) is 250 cm³/mol. The SMILES string of the molecule is CO[C@H]1[C@@H](O[P@@](O)(=S)OC[C@H]2O[C@@H](n3cnc4c(N)ncnc43)[C@H](O[P@@](O)(=S)OC[C@H]3O[C@@H](n4cnc5c(N)ncnc54)[C@H](O)[C@@H]3O)[C@@H]2OC)[C@H](n2cnc3c(N)ncnc32)O[C@@H]1CCP(=O)(OC)OC. The lowest BCUT2D eigenvalue weighted by Gasteiger charge is -2.29. The van der Waals surface area contributed by atoms with Crippen LogP contribution in [0.1, 0.15) is 25.1 Å². The van der Waals surface area contributed by atoms with E-state index in [2.05, 4.69) is 44.9 Å². The molecule has 36 heteroatoms. The molecule has 3 aliphatic heterocycles. The number of aliphatic hydroxyl groups is 2. The van der Waals surface area contributed by atoms with E-state index in [0.29, 0.717) is 0 Å². The lowest BCUT2D eigenvalue weighted by atomic mass is 10.1. The molecule has 6 aromatic rings. The van der Waals surface area contributed by atoms with Crippen LogP contribution in [-0.4, -0.2) is 181 Å². The number of ether oxygens (including phenoxy) is 5. The van der Waals surface area contributed by atoms with Crippen LogP contribution in [0.3, 0.4) is 0 Å². The van der Waals surface area contributed by atoms with Gasteiger partial charge < -0.3 is 79.0 Å². The van der Waals surface area contributed by atoms with Crippen molar-refractivity contribution < 1.29 is 75.4 Å². The van der Waals surface area contributed by atoms with E-state index in [9.17, 15) is 24.6 Å². The highest BCUT2D eigenvalue weighted by atomic mass is 32.5. The lowest BCUT2D eigenvalue weighted by molar-refractivity contribution is -0.0591. The van der Waals surface area contributed by atoms with Gasteiger partial charge >= 0.3 is 21.0 Å². The molecule has 0 aromatic carbocycles. The van der Waals surface area contributed by atoms with E-state index < -0.39 is 108 Å². The average Bonchev–Trinajstić information content (AvgIpc) is 4.22. The monoisotopic (exact) mass is 1090 g/mol. The molecule has 9 heterocycles. The fraction of sp³-hybridized carbons (Fsp3) is 0.571. The molecule has 10 N–H and O–H groups in total. The van der Waals surface area contributed by atoms with E-state index in [-0.39, 0.29) is 63.5 Å². The fourth-order valence-electron chi connectivity index (χ4n) is 8.54. The number of hydrogen-bond donors (Lipinski definition) is 7. The zero-order chi connectivity index (χ0) is 50.6. The van der Waals surface area contributed by atoms with Gasteiger partial charge in [0.25, 0.3) is 0 Å². The zero-order valence-electron chi connectivity index (χ0n) is 37.7. The Morgan fingerprint density at radius 3 is 1.41 bits per heavy atom. The van der Waals surface area contributed by atoms with E-state index in [1.165, 1.54) is 80.1 Å². The number of rotatable bonds is 20. The van der Waals surface area contributed by atoms with Gasteiger partial charge in [-0.1, -0.05) is 0 Å². The first-order valence-corrected chi connectivity index (χ1v) is 28.0. The second-order valence-corrected chi connectivity index (χ2v) is 24.0. The van der Waals surface area contributed by atoms with Crippen LogP contribution in [0.2, 0.25) is 0 Å². The van der Waals surface area contributed by atoms with Crippen LogP contribution in [0, 0.1) is 0 Å². The van der Waals surface area contributed by atoms with Crippen LogP contribution in [0.15, 0.2) is 38.0 Å². The summed E-state index contributed by atoms with van der Waals surface area (Å²) in [6.45, 7) is -9.83. The summed E-state index contributed by atoms with van der Waals surface area (Å²) >= 11 is 11.1. The van der Waals surface area contributed by atoms with Crippen molar-refractivity contribution in [3.8, 4) is 0 Å². The first kappa shape index (κ1) is 51.9. The van der Waals surface area contributed by atoms with Crippen LogP contribution in [0.4, 0.5) is 17.5 Å². The number of aromatic nitrogens is 12. The van der Waals surface area contributed by atoms with Gasteiger partial charge in [0, 0.05) is 28.4 Å². The Labute approximate surface area is 411 Å². The van der Waals surface area contributed by atoms with Gasteiger partial charge in [0.05, 0.1) is 44.5 Å². The minimum absolute atomic E-state index is 0.0492. The quantitative estimate of drug-likeness (QED) is 0.0487. The van der Waals surface area contributed by atoms with Gasteiger partial charge in [-0.2, -0.15) is 0 Å². The number of nitrogens with zero attached hydrogens (tertiary/aromatic N) is 12. The van der Waals surface area contributed by atoms with Crippen LogP contribution in [-0.2, 0) is 79.0 Å². The van der Waals surface area contributed by atoms with Crippen molar-refractivity contribution in [1.29, 1.82) is 0 Å². The summed E-state index contributed by atoms with van der Waals surface area (Å²) in [7, 11) is 1.71. The second kappa shape index (κ2) is 20.7. The molecule has 3 fully saturated rings. The highest BCUT2D eigenvalue weighted by molar-refractivity contribution is 8.07. The van der Waals surface area contributed by atoms with E-state index in [4.69, 9.17) is 91.6 Å². The molecule has 31 nitrogen and oxygen atoms in total. The fourth-order valence-corrected chi connectivity index (χ4v) is 12.4. The first-order valence-electron chi connectivity index (χ1n) is 21.1. The third-order valence-electron chi connectivity index (χ3n) is 12.0. The highest BCUT2D eigenvalue weighted by Gasteiger charge is 2.53. The van der Waals surface area contributed by atoms with E-state index in [0.717, 1.165) is 0 Å². The van der Waals surface area contributed by atoms with Crippen molar-refractivity contribution in [2.24, 2.45) is 0 Å². The van der Waals surface area contributed by atoms with Crippen LogP contribution in [0.5, 0.6) is 0 Å². The van der Waals surface area contributed by atoms with Gasteiger partial charge in [0.1, 0.15) is 84.4 Å². The average molecular weight is 1090 g/mol. The normalized spacial score (nSPS) is 29.9. The van der Waals surface area contributed by atoms with Gasteiger partial charge in [-0.25, -0.2) is 44.9 Å². The van der Waals surface area contributed by atoms with E-state index in [1.807, 2.05) is 0 Å². The summed E-state index contributed by atoms with van der Waals surface area (Å²) in [6.07, 6.45) is -6.95. The highest BCUT2D eigenvalue weighted by Crippen LogP contribution is 2.55. The number of anilines is 3. The number of nitrogens with two attached hydrogens (primary N) is 3. The maximum atomic E-state index is 13.1. The minimum atomic E-state index is -4.37. The maximum absolute atomic E-state index is 13.1. The van der Waals surface area contributed by atoms with E-state index >= 15 is 0 Å². The maximum Gasteiger partial charge on any atom is 0.330 e. The molecule has 71 heavy (non-hydrogen) atoms. The Kier molecular flexibility index (Phi) is 15.1. The van der Waals surface area contributed by atoms with E-state index in [1.54, 1.807) is 0 Å². The molecule has 0 radical (unpaired) electrons. The third kappa shape index (κ3) is 10.2. The number of aliphatic hydroxyl groups excluding tert-OH is 2. The molecule has 0 unspecified atom stereocenters. The van der Waals surface area contributed by atoms with Crippen molar-refractivity contribution in [2.45, 2.75) is 80.0 Å². The lowest BCUT2D eigenvalue weighted by Crippen LogP contribution is -2.38. The second-order valence-electron chi connectivity index (χ2n) is 16.0. The standard InChI is InChI=1S/C35H48N15O16P3S2/c1-56-23-15(5-6-67(53,58-3)59-4)62-34(49-13-46-19-28(37)40-10-43-31(19)49)25(23)65-69(55,71)61-8-17-24(57-2)26(35(64-17)50-14-47-20-29(38)41-11-44-32(20)50)66-68(54,70)60-7-16-21(51)22(52)33(63-16)48-12-45-18-27(36)39-9-42-30(18)48/h9-17,21-26,33-35,51-52H,5-8H2,1-4H3,(H,54,70)(H,55,71)(H2,36,39,42)(H2,37,40,43)(H2,38,41,44)/t15-,16-,17-,21-,22-,23-,24-,25-,26-,33-,34-,35-,68+,69+/m1/s1. The number of hydrogen-bond acceptors (Lipinski definition) is 28. The summed E-state index contributed by atoms with van der Waals surface area (Å²) in [5.74, 6) is 0.230. The van der Waals surface area contributed by atoms with Crippen molar-refractivity contribution >= 4 is 95.6 Å². The molecule has 6 aromatic heterocycles. The molecule has 0 amide bonds. The number of methoxy groups -OCH3 is 2. The van der Waals surface area contributed by atoms with Gasteiger partial charge in [0.15, 0.2) is 53.1 Å². The van der Waals surface area contributed by atoms with Gasteiger partial charge in [-0.05, 0) is 30.0 Å². The Bertz CT molecular complexity index is 3030. The molecule has 0 spiro atoms. The van der Waals surface area contributed by atoms with Crippen molar-refractivity contribution in [3.63, 3.8) is 0 Å². The molecule has 0 aliphatic carbocycles. The largest absolute Gasteiger partial charge is 0.387 e. The summed E-state index contributed by atoms with van der Waals surface area (Å²) in [5, 5.41) is 22.0. The first-order chi connectivity index (χ1) is 33.9. The van der Waals surface area contributed by atoms with Crippen LogP contribution < -0.4 is 17.2 Å². The van der Waals surface area contributed by atoms with Gasteiger partial charge in [0.2, 0.25) is 0 Å². The Hall–Kier alpha value is -4.02. The van der Waals surface area contributed by atoms with Gasteiger partial charge in [-0.3, -0.25) is 27.3 Å². The van der Waals surface area contributed by atoms with Crippen molar-refractivity contribution in [1.82, 2.24) is 58.6 Å². The molecular formula is C35H48N15O16P3S2. The summed E-state index contributed by atoms with van der Waals surface area (Å²) < 4.78 is 82.4. The molecule has 0 saturated carbocycles. The molecule has 0 bridgehead atoms. The van der Waals surface area contributed by atoms with Crippen molar-refractivity contribution in [3.05, 3.63) is 38.0 Å². The Morgan fingerprint density at radius 2 is 0.972 bits per heavy atom. The predicted octanol–water partition coefficient (Wildman–Crippen LogP) is -0.190. The topological polar surface area (TPSA) is 408 Å². The molecule has 9 rings (SSSR count). The minimum Gasteiger partial charge on any atom is -0.387 e. The number of fused-ring (bicyclic) bond motifs is 3. The van der Waals surface area contributed by atoms with Gasteiger partial charge in [-0.15, -0.1) is 0 Å². The summed E-state index contributed by atoms with van der Waals surface area (Å²) in [6, 6.07) is 0. The summed E-state index contributed by atoms with van der Waals surface area (Å²) in [4.78, 5) is 61.1. The van der Waals surface area contributed by atoms with Crippen LogP contribution in [0.25, 0.3) is 33.5 Å². The summed E-state index contributed by atoms with van der Waals surface area (Å²) in [5.41, 5.74) is 19.5. The Morgan fingerprint density at radius 1 is 0.577 bits per heavy atom. The van der Waals surface area contributed by atoms with Crippen molar-refractivity contribution in [2.75, 3.05) is 65.0 Å². The smallest absolute Gasteiger partial charge is 0.330 e. The zero-order valence-corrected chi connectivity index (χ0v) is 42.0. The third-order valence-corrected chi connectivity index (χ3v) is 17.0. The number of nitrogen functional groups attached to an aromatic ring is 3. The molecule has 3 saturated heterocycles. The molecule has 14 atom stereocenters. The Balaban J connectivity index is 0.941. The van der Waals surface area contributed by atoms with Crippen LogP contribution >= 0.6 is 21.0 Å².